The van der Waals surface area contributed by atoms with Crippen molar-refractivity contribution in [3.05, 3.63) is 0 Å². The smallest absolute Gasteiger partial charge is 0.00766 e. The van der Waals surface area contributed by atoms with Crippen LogP contribution < -0.4 is 0 Å². The predicted molar refractivity (Wildman–Crippen MR) is 32.3 cm³/mol. The van der Waals surface area contributed by atoms with E-state index in [2.05, 4.69) is 25.3 Å². The van der Waals surface area contributed by atoms with E-state index in [0.717, 1.165) is 5.75 Å². The van der Waals surface area contributed by atoms with E-state index < -0.39 is 0 Å². The highest BCUT2D eigenvalue weighted by atomic mass is 32.1. The number of hydrogen-bond donors (Lipinski definition) is 2. The summed E-state index contributed by atoms with van der Waals surface area (Å²) in [6.07, 6.45) is 0. The Labute approximate surface area is 43.8 Å². The normalized spacial score (nSPS) is 15.0. The molecule has 0 saturated heterocycles. The van der Waals surface area contributed by atoms with Crippen LogP contribution in [0.15, 0.2) is 0 Å². The Morgan fingerprint density at radius 2 is 2.00 bits per heavy atom. The molecule has 0 aromatic carbocycles. The van der Waals surface area contributed by atoms with Gasteiger partial charge in [0.25, 0.3) is 0 Å². The minimum absolute atomic E-state index is 0.443. The van der Waals surface area contributed by atoms with Crippen LogP contribution in [0.5, 0.6) is 0 Å². The monoisotopic (exact) mass is 108 g/mol. The fraction of sp³-hybridized carbons (Fsp3) is 1.00. The molecule has 0 unspecified atom stereocenters. The minimum Gasteiger partial charge on any atom is -0.178 e. The number of thiol groups is 2. The van der Waals surface area contributed by atoms with Crippen LogP contribution in [0.3, 0.4) is 0 Å². The molecular weight excluding hydrogens is 100 g/mol. The summed E-state index contributed by atoms with van der Waals surface area (Å²) in [5, 5.41) is 0.443. The zero-order valence-corrected chi connectivity index (χ0v) is 4.97. The molecule has 0 aliphatic heterocycles. The Balaban J connectivity index is 2.54. The highest BCUT2D eigenvalue weighted by Gasteiger charge is 1.81. The van der Waals surface area contributed by atoms with Crippen LogP contribution in [0.2, 0.25) is 0 Å². The van der Waals surface area contributed by atoms with E-state index in [4.69, 9.17) is 0 Å². The largest absolute Gasteiger partial charge is 0.178 e. The summed E-state index contributed by atoms with van der Waals surface area (Å²) in [7, 11) is 0. The average Bonchev–Trinajstić information content (AvgIpc) is 1.38. The Morgan fingerprint density at radius 1 is 1.80 bits per heavy atom. The van der Waals surface area contributed by atoms with Gasteiger partial charge in [-0.25, -0.2) is 0 Å². The lowest BCUT2D eigenvalue weighted by molar-refractivity contribution is 1.15. The van der Waals surface area contributed by atoms with Crippen molar-refractivity contribution < 1.29 is 0 Å². The van der Waals surface area contributed by atoms with Crippen molar-refractivity contribution in [2.45, 2.75) is 12.2 Å². The molecule has 0 fully saturated rings. The summed E-state index contributed by atoms with van der Waals surface area (Å²) in [4.78, 5) is 0. The van der Waals surface area contributed by atoms with Crippen LogP contribution >= 0.6 is 25.3 Å². The number of rotatable bonds is 1. The van der Waals surface area contributed by atoms with Crippen LogP contribution in [-0.2, 0) is 0 Å². The standard InChI is InChI=1S/C3H8S2/c1-3(5)2-4/h3-5H,2H2,1H3/t3-/m0/s1. The molecule has 0 amide bonds. The second-order valence-corrected chi connectivity index (χ2v) is 2.28. The van der Waals surface area contributed by atoms with Crippen LogP contribution in [0.25, 0.3) is 0 Å². The van der Waals surface area contributed by atoms with Gasteiger partial charge in [0.15, 0.2) is 0 Å². The maximum atomic E-state index is 4.02. The zero-order valence-electron chi connectivity index (χ0n) is 3.18. The third-order valence-electron chi connectivity index (χ3n) is 0.264. The van der Waals surface area contributed by atoms with E-state index in [1.807, 2.05) is 6.92 Å². The van der Waals surface area contributed by atoms with Gasteiger partial charge >= 0.3 is 0 Å². The van der Waals surface area contributed by atoms with E-state index >= 15 is 0 Å². The quantitative estimate of drug-likeness (QED) is 0.464. The Hall–Kier alpha value is 0.700. The summed E-state index contributed by atoms with van der Waals surface area (Å²) < 4.78 is 0. The first kappa shape index (κ1) is 5.70. The lowest BCUT2D eigenvalue weighted by Crippen LogP contribution is -1.88. The summed E-state index contributed by atoms with van der Waals surface area (Å²) in [6, 6.07) is 0. The van der Waals surface area contributed by atoms with E-state index in [0.29, 0.717) is 5.25 Å². The second kappa shape index (κ2) is 2.91. The molecule has 0 heterocycles. The molecule has 2 heteroatoms. The van der Waals surface area contributed by atoms with Crippen LogP contribution in [-0.4, -0.2) is 11.0 Å². The van der Waals surface area contributed by atoms with E-state index in [-0.39, 0.29) is 0 Å². The molecule has 0 radical (unpaired) electrons. The molecule has 0 aromatic heterocycles. The van der Waals surface area contributed by atoms with Gasteiger partial charge in [0.1, 0.15) is 0 Å². The summed E-state index contributed by atoms with van der Waals surface area (Å²) in [6.45, 7) is 2.01. The maximum absolute atomic E-state index is 4.02. The van der Waals surface area contributed by atoms with Gasteiger partial charge in [0.2, 0.25) is 0 Å². The lowest BCUT2D eigenvalue weighted by atomic mass is 10.6. The molecule has 0 aliphatic carbocycles. The molecule has 32 valence electrons. The zero-order chi connectivity index (χ0) is 4.28. The van der Waals surface area contributed by atoms with Crippen molar-refractivity contribution in [2.24, 2.45) is 0 Å². The SMILES string of the molecule is C[C@H](S)CS. The van der Waals surface area contributed by atoms with E-state index in [1.54, 1.807) is 0 Å². The van der Waals surface area contributed by atoms with Gasteiger partial charge in [-0.3, -0.25) is 0 Å². The molecular formula is C3H8S2. The van der Waals surface area contributed by atoms with Crippen molar-refractivity contribution in [3.8, 4) is 0 Å². The molecule has 0 bridgehead atoms. The topological polar surface area (TPSA) is 0 Å². The molecule has 0 spiro atoms. The van der Waals surface area contributed by atoms with Crippen molar-refractivity contribution >= 4 is 25.3 Å². The van der Waals surface area contributed by atoms with Gasteiger partial charge in [-0.1, -0.05) is 6.92 Å². The van der Waals surface area contributed by atoms with Crippen molar-refractivity contribution in [1.82, 2.24) is 0 Å². The van der Waals surface area contributed by atoms with Crippen LogP contribution in [0, 0.1) is 0 Å². The molecule has 0 nitrogen and oxygen atoms in total. The van der Waals surface area contributed by atoms with Crippen molar-refractivity contribution in [3.63, 3.8) is 0 Å². The number of hydrogen-bond acceptors (Lipinski definition) is 2. The summed E-state index contributed by atoms with van der Waals surface area (Å²) >= 11 is 7.96. The van der Waals surface area contributed by atoms with Gasteiger partial charge in [-0.15, -0.1) is 0 Å². The predicted octanol–water partition coefficient (Wildman–Crippen LogP) is 1.23. The first-order valence-corrected chi connectivity index (χ1v) is 2.71. The van der Waals surface area contributed by atoms with Crippen LogP contribution in [0.4, 0.5) is 0 Å². The fourth-order valence-corrected chi connectivity index (χ4v) is 0. The Morgan fingerprint density at radius 3 is 2.00 bits per heavy atom. The Bertz CT molecular complexity index is 18.9. The molecule has 0 aliphatic rings. The third-order valence-corrected chi connectivity index (χ3v) is 1.28. The highest BCUT2D eigenvalue weighted by Crippen LogP contribution is 1.91. The second-order valence-electron chi connectivity index (χ2n) is 1.03. The third kappa shape index (κ3) is 4.70. The molecule has 5 heavy (non-hydrogen) atoms. The fourth-order valence-electron chi connectivity index (χ4n) is 0. The van der Waals surface area contributed by atoms with Gasteiger partial charge in [0.05, 0.1) is 0 Å². The van der Waals surface area contributed by atoms with Gasteiger partial charge < -0.3 is 0 Å². The van der Waals surface area contributed by atoms with Crippen molar-refractivity contribution in [1.29, 1.82) is 0 Å². The van der Waals surface area contributed by atoms with Crippen LogP contribution in [0.1, 0.15) is 6.92 Å². The van der Waals surface area contributed by atoms with Gasteiger partial charge in [-0.2, -0.15) is 25.3 Å². The molecule has 0 rings (SSSR count). The lowest BCUT2D eigenvalue weighted by Gasteiger charge is -1.89. The van der Waals surface area contributed by atoms with E-state index in [9.17, 15) is 0 Å². The minimum atomic E-state index is 0.443. The van der Waals surface area contributed by atoms with E-state index in [1.165, 1.54) is 0 Å². The summed E-state index contributed by atoms with van der Waals surface area (Å²) in [5.74, 6) is 0.864. The molecule has 1 atom stereocenters. The van der Waals surface area contributed by atoms with Gasteiger partial charge in [0, 0.05) is 11.0 Å². The molecule has 0 aromatic rings. The molecule has 0 N–H and O–H groups in total. The highest BCUT2D eigenvalue weighted by molar-refractivity contribution is 7.84. The average molecular weight is 108 g/mol. The maximum Gasteiger partial charge on any atom is 0.00766 e. The summed E-state index contributed by atoms with van der Waals surface area (Å²) in [5.41, 5.74) is 0. The first-order chi connectivity index (χ1) is 2.27. The van der Waals surface area contributed by atoms with Crippen molar-refractivity contribution in [2.75, 3.05) is 5.75 Å². The van der Waals surface area contributed by atoms with Gasteiger partial charge in [-0.05, 0) is 0 Å². The first-order valence-electron chi connectivity index (χ1n) is 1.56. The molecule has 0 saturated carbocycles. The Kier molecular flexibility index (Phi) is 3.32.